The zero-order chi connectivity index (χ0) is 10.8. The quantitative estimate of drug-likeness (QED) is 0.888. The van der Waals surface area contributed by atoms with Crippen molar-refractivity contribution in [2.45, 2.75) is 26.3 Å². The Kier molecular flexibility index (Phi) is 4.38. The van der Waals surface area contributed by atoms with Gasteiger partial charge in [-0.25, -0.2) is 4.79 Å². The highest BCUT2D eigenvalue weighted by molar-refractivity contribution is 5.85. The molecule has 5 heteroatoms. The first-order valence-corrected chi connectivity index (χ1v) is 5.22. The normalized spacial score (nSPS) is 16.1. The van der Waals surface area contributed by atoms with Gasteiger partial charge in [0.1, 0.15) is 5.76 Å². The van der Waals surface area contributed by atoms with E-state index >= 15 is 0 Å². The molecule has 1 aromatic rings. The number of carboxylic acids is 1. The highest BCUT2D eigenvalue weighted by Crippen LogP contribution is 2.19. The summed E-state index contributed by atoms with van der Waals surface area (Å²) in [6.45, 7) is 4.83. The van der Waals surface area contributed by atoms with Crippen LogP contribution in [0.5, 0.6) is 0 Å². The van der Waals surface area contributed by atoms with Gasteiger partial charge in [-0.3, -0.25) is 4.90 Å². The first-order chi connectivity index (χ1) is 7.16. The van der Waals surface area contributed by atoms with Crippen LogP contribution in [0.1, 0.15) is 34.7 Å². The molecule has 0 bridgehead atoms. The van der Waals surface area contributed by atoms with Crippen molar-refractivity contribution in [3.63, 3.8) is 0 Å². The Morgan fingerprint density at radius 2 is 2.12 bits per heavy atom. The summed E-state index contributed by atoms with van der Waals surface area (Å²) >= 11 is 0. The molecule has 4 nitrogen and oxygen atoms in total. The molecule has 16 heavy (non-hydrogen) atoms. The SMILES string of the molecule is Cc1oc(C(=O)O)cc1CN1CCCC1.Cl. The van der Waals surface area contributed by atoms with E-state index in [4.69, 9.17) is 9.52 Å². The first-order valence-electron chi connectivity index (χ1n) is 5.22. The minimum Gasteiger partial charge on any atom is -0.475 e. The van der Waals surface area contributed by atoms with E-state index in [-0.39, 0.29) is 18.2 Å². The summed E-state index contributed by atoms with van der Waals surface area (Å²) in [7, 11) is 0. The van der Waals surface area contributed by atoms with Crippen LogP contribution in [0.15, 0.2) is 10.5 Å². The third-order valence-corrected chi connectivity index (χ3v) is 2.82. The molecule has 1 fully saturated rings. The van der Waals surface area contributed by atoms with Crippen molar-refractivity contribution >= 4 is 18.4 Å². The molecule has 0 amide bonds. The van der Waals surface area contributed by atoms with E-state index in [1.54, 1.807) is 6.07 Å². The van der Waals surface area contributed by atoms with Crippen molar-refractivity contribution in [1.29, 1.82) is 0 Å². The second kappa shape index (κ2) is 5.37. The Balaban J connectivity index is 0.00000128. The van der Waals surface area contributed by atoms with E-state index in [2.05, 4.69) is 4.90 Å². The molecule has 0 spiro atoms. The molecule has 0 aliphatic carbocycles. The van der Waals surface area contributed by atoms with Gasteiger partial charge in [-0.15, -0.1) is 12.4 Å². The maximum atomic E-state index is 10.7. The zero-order valence-electron chi connectivity index (χ0n) is 9.23. The minimum atomic E-state index is -0.995. The molecular weight excluding hydrogens is 230 g/mol. The lowest BCUT2D eigenvalue weighted by atomic mass is 10.2. The van der Waals surface area contributed by atoms with Crippen LogP contribution in [0.3, 0.4) is 0 Å². The summed E-state index contributed by atoms with van der Waals surface area (Å²) in [6.07, 6.45) is 2.48. The van der Waals surface area contributed by atoms with Gasteiger partial charge in [-0.05, 0) is 38.9 Å². The number of carbonyl (C=O) groups is 1. The smallest absolute Gasteiger partial charge is 0.371 e. The molecule has 0 aromatic carbocycles. The van der Waals surface area contributed by atoms with Crippen LogP contribution in [-0.2, 0) is 6.54 Å². The van der Waals surface area contributed by atoms with Gasteiger partial charge in [-0.2, -0.15) is 0 Å². The largest absolute Gasteiger partial charge is 0.475 e. The van der Waals surface area contributed by atoms with Crippen LogP contribution < -0.4 is 0 Å². The average Bonchev–Trinajstić information content (AvgIpc) is 2.77. The lowest BCUT2D eigenvalue weighted by Crippen LogP contribution is -2.18. The Labute approximate surface area is 101 Å². The van der Waals surface area contributed by atoms with Gasteiger partial charge >= 0.3 is 5.97 Å². The summed E-state index contributed by atoms with van der Waals surface area (Å²) in [5, 5.41) is 8.78. The van der Waals surface area contributed by atoms with Crippen LogP contribution in [-0.4, -0.2) is 29.1 Å². The Morgan fingerprint density at radius 1 is 1.50 bits per heavy atom. The van der Waals surface area contributed by atoms with Gasteiger partial charge in [0, 0.05) is 12.1 Å². The van der Waals surface area contributed by atoms with E-state index in [0.717, 1.165) is 31.0 Å². The first kappa shape index (κ1) is 13.1. The second-order valence-electron chi connectivity index (χ2n) is 3.98. The molecular formula is C11H16ClNO3. The predicted molar refractivity (Wildman–Crippen MR) is 62.2 cm³/mol. The van der Waals surface area contributed by atoms with Gasteiger partial charge in [0.25, 0.3) is 0 Å². The average molecular weight is 246 g/mol. The van der Waals surface area contributed by atoms with Gasteiger partial charge in [-0.1, -0.05) is 0 Å². The van der Waals surface area contributed by atoms with Crippen LogP contribution in [0, 0.1) is 6.92 Å². The fourth-order valence-electron chi connectivity index (χ4n) is 1.96. The highest BCUT2D eigenvalue weighted by atomic mass is 35.5. The lowest BCUT2D eigenvalue weighted by molar-refractivity contribution is 0.0661. The van der Waals surface area contributed by atoms with Gasteiger partial charge in [0.2, 0.25) is 5.76 Å². The van der Waals surface area contributed by atoms with Crippen molar-refractivity contribution in [2.24, 2.45) is 0 Å². The molecule has 1 aliphatic heterocycles. The molecule has 1 aliphatic rings. The summed E-state index contributed by atoms with van der Waals surface area (Å²) in [4.78, 5) is 13.0. The molecule has 1 N–H and O–H groups in total. The number of hydrogen-bond acceptors (Lipinski definition) is 3. The minimum absolute atomic E-state index is 0. The van der Waals surface area contributed by atoms with Crippen LogP contribution in [0.4, 0.5) is 0 Å². The van der Waals surface area contributed by atoms with E-state index in [9.17, 15) is 4.79 Å². The van der Waals surface area contributed by atoms with E-state index < -0.39 is 5.97 Å². The summed E-state index contributed by atoms with van der Waals surface area (Å²) in [5.74, 6) is -0.230. The van der Waals surface area contributed by atoms with Crippen LogP contribution in [0.2, 0.25) is 0 Å². The topological polar surface area (TPSA) is 53.7 Å². The third-order valence-electron chi connectivity index (χ3n) is 2.82. The summed E-state index contributed by atoms with van der Waals surface area (Å²) in [6, 6.07) is 1.63. The van der Waals surface area contributed by atoms with E-state index in [0.29, 0.717) is 0 Å². The van der Waals surface area contributed by atoms with Gasteiger partial charge in [0.05, 0.1) is 0 Å². The number of halogens is 1. The number of nitrogens with zero attached hydrogens (tertiary/aromatic N) is 1. The maximum absolute atomic E-state index is 10.7. The van der Waals surface area contributed by atoms with Crippen molar-refractivity contribution < 1.29 is 14.3 Å². The van der Waals surface area contributed by atoms with Crippen molar-refractivity contribution in [3.8, 4) is 0 Å². The Bertz CT molecular complexity index is 369. The molecule has 90 valence electrons. The molecule has 0 radical (unpaired) electrons. The molecule has 0 unspecified atom stereocenters. The van der Waals surface area contributed by atoms with Crippen LogP contribution >= 0.6 is 12.4 Å². The fourth-order valence-corrected chi connectivity index (χ4v) is 1.96. The van der Waals surface area contributed by atoms with E-state index in [1.165, 1.54) is 12.8 Å². The molecule has 2 rings (SSSR count). The molecule has 2 heterocycles. The summed E-state index contributed by atoms with van der Waals surface area (Å²) < 4.78 is 5.16. The fraction of sp³-hybridized carbons (Fsp3) is 0.545. The number of rotatable bonds is 3. The highest BCUT2D eigenvalue weighted by Gasteiger charge is 2.17. The number of hydrogen-bond donors (Lipinski definition) is 1. The Hall–Kier alpha value is -1.00. The molecule has 1 saturated heterocycles. The standard InChI is InChI=1S/C11H15NO3.ClH/c1-8-9(6-10(15-8)11(13)14)7-12-4-2-3-5-12;/h6H,2-5,7H2,1H3,(H,13,14);1H. The Morgan fingerprint density at radius 3 is 2.62 bits per heavy atom. The number of aryl methyl sites for hydroxylation is 1. The molecule has 0 saturated carbocycles. The monoisotopic (exact) mass is 245 g/mol. The maximum Gasteiger partial charge on any atom is 0.371 e. The third kappa shape index (κ3) is 2.77. The molecule has 0 atom stereocenters. The number of carboxylic acid groups (broad SMARTS) is 1. The zero-order valence-corrected chi connectivity index (χ0v) is 10.0. The van der Waals surface area contributed by atoms with E-state index in [1.807, 2.05) is 6.92 Å². The van der Waals surface area contributed by atoms with Crippen LogP contribution in [0.25, 0.3) is 0 Å². The number of likely N-dealkylation sites (tertiary alicyclic amines) is 1. The second-order valence-corrected chi connectivity index (χ2v) is 3.98. The predicted octanol–water partition coefficient (Wildman–Crippen LogP) is 2.30. The van der Waals surface area contributed by atoms with Crippen molar-refractivity contribution in [3.05, 3.63) is 23.2 Å². The summed E-state index contributed by atoms with van der Waals surface area (Å²) in [5.41, 5.74) is 0.995. The molecule has 1 aromatic heterocycles. The number of aromatic carboxylic acids is 1. The number of furan rings is 1. The lowest BCUT2D eigenvalue weighted by Gasteiger charge is -2.12. The van der Waals surface area contributed by atoms with Crippen molar-refractivity contribution in [2.75, 3.05) is 13.1 Å². The van der Waals surface area contributed by atoms with Crippen molar-refractivity contribution in [1.82, 2.24) is 4.90 Å². The van der Waals surface area contributed by atoms with Gasteiger partial charge in [0.15, 0.2) is 0 Å². The van der Waals surface area contributed by atoms with Gasteiger partial charge < -0.3 is 9.52 Å².